The normalized spacial score (nSPS) is 16.2. The molecule has 0 aliphatic heterocycles. The molecule has 1 aliphatic carbocycles. The van der Waals surface area contributed by atoms with Gasteiger partial charge < -0.3 is 20.3 Å². The van der Waals surface area contributed by atoms with E-state index in [1.807, 2.05) is 51.3 Å². The van der Waals surface area contributed by atoms with Crippen LogP contribution in [0, 0.1) is 6.92 Å². The molecule has 36 heavy (non-hydrogen) atoms. The number of rotatable bonds is 10. The molecule has 7 nitrogen and oxygen atoms in total. The molecule has 2 atom stereocenters. The highest BCUT2D eigenvalue weighted by atomic mass is 32.2. The number of nitrogens with zero attached hydrogens (tertiary/aromatic N) is 1. The van der Waals surface area contributed by atoms with Crippen LogP contribution in [-0.2, 0) is 14.3 Å². The number of carbonyl (C=O) groups excluding carboxylic acids is 3. The Labute approximate surface area is 221 Å². The van der Waals surface area contributed by atoms with Crippen LogP contribution in [0.4, 0.5) is 4.79 Å². The summed E-state index contributed by atoms with van der Waals surface area (Å²) in [7, 11) is 0. The van der Waals surface area contributed by atoms with Gasteiger partial charge in [-0.1, -0.05) is 49.1 Å². The van der Waals surface area contributed by atoms with Gasteiger partial charge in [-0.3, -0.25) is 9.59 Å². The lowest BCUT2D eigenvalue weighted by Gasteiger charge is -2.38. The molecule has 3 amide bonds. The first kappa shape index (κ1) is 30.0. The molecule has 1 fully saturated rings. The van der Waals surface area contributed by atoms with Crippen molar-refractivity contribution in [2.24, 2.45) is 0 Å². The second-order valence-corrected chi connectivity index (χ2v) is 12.0. The molecule has 2 N–H and O–H groups in total. The lowest BCUT2D eigenvalue weighted by atomic mass is 9.94. The molecule has 0 radical (unpaired) electrons. The minimum Gasteiger partial charge on any atom is -0.444 e. The molecule has 0 saturated heterocycles. The van der Waals surface area contributed by atoms with Crippen molar-refractivity contribution in [3.05, 3.63) is 35.4 Å². The number of thioether (sulfide) groups is 1. The minimum atomic E-state index is -0.801. The third kappa shape index (κ3) is 9.34. The number of benzene rings is 1. The molecular weight excluding hydrogens is 474 g/mol. The highest BCUT2D eigenvalue weighted by molar-refractivity contribution is 7.98. The van der Waals surface area contributed by atoms with Crippen molar-refractivity contribution in [2.45, 2.75) is 110 Å². The molecular formula is C28H45N3O4S. The van der Waals surface area contributed by atoms with Crippen LogP contribution in [-0.4, -0.2) is 58.5 Å². The van der Waals surface area contributed by atoms with Crippen LogP contribution in [0.3, 0.4) is 0 Å². The van der Waals surface area contributed by atoms with Crippen molar-refractivity contribution in [2.75, 3.05) is 12.0 Å². The van der Waals surface area contributed by atoms with Crippen LogP contribution in [0.25, 0.3) is 0 Å². The lowest BCUT2D eigenvalue weighted by Crippen LogP contribution is -2.56. The van der Waals surface area contributed by atoms with Crippen LogP contribution in [0.1, 0.15) is 90.3 Å². The van der Waals surface area contributed by atoms with Gasteiger partial charge in [0.05, 0.1) is 0 Å². The number of amides is 3. The van der Waals surface area contributed by atoms with Gasteiger partial charge >= 0.3 is 6.09 Å². The summed E-state index contributed by atoms with van der Waals surface area (Å²) in [6.07, 6.45) is 7.07. The standard InChI is InChI=1S/C28H45N3O4S/c1-19(2)31(26(33)23(17-18-36-7)30-27(34)35-28(4,5)6)24(21-15-13-20(3)14-16-21)25(32)29-22-11-9-8-10-12-22/h13-16,19,22-24H,8-12,17-18H2,1-7H3,(H,29,32)(H,30,34). The van der Waals surface area contributed by atoms with E-state index in [1.165, 1.54) is 6.42 Å². The number of hydrogen-bond acceptors (Lipinski definition) is 5. The summed E-state index contributed by atoms with van der Waals surface area (Å²) < 4.78 is 5.44. The molecule has 1 aromatic rings. The highest BCUT2D eigenvalue weighted by Crippen LogP contribution is 2.27. The van der Waals surface area contributed by atoms with Crippen LogP contribution in [0.5, 0.6) is 0 Å². The number of ether oxygens (including phenoxy) is 1. The molecule has 1 aliphatic rings. The van der Waals surface area contributed by atoms with E-state index in [1.54, 1.807) is 37.4 Å². The van der Waals surface area contributed by atoms with Crippen LogP contribution in [0.2, 0.25) is 0 Å². The Kier molecular flexibility index (Phi) is 11.6. The molecule has 1 saturated carbocycles. The third-order valence-corrected chi connectivity index (χ3v) is 6.93. The van der Waals surface area contributed by atoms with Crippen molar-refractivity contribution >= 4 is 29.7 Å². The summed E-state index contributed by atoms with van der Waals surface area (Å²) in [5, 5.41) is 6.01. The SMILES string of the molecule is CSCCC(NC(=O)OC(C)(C)C)C(=O)N(C(C)C)C(C(=O)NC1CCCCC1)c1ccc(C)cc1. The van der Waals surface area contributed by atoms with E-state index in [0.29, 0.717) is 12.2 Å². The molecule has 202 valence electrons. The molecule has 2 unspecified atom stereocenters. The van der Waals surface area contributed by atoms with E-state index in [4.69, 9.17) is 4.74 Å². The van der Waals surface area contributed by atoms with Gasteiger partial charge in [0.15, 0.2) is 0 Å². The second-order valence-electron chi connectivity index (χ2n) is 11.0. The van der Waals surface area contributed by atoms with E-state index in [0.717, 1.165) is 36.8 Å². The van der Waals surface area contributed by atoms with Gasteiger partial charge in [-0.2, -0.15) is 11.8 Å². The average Bonchev–Trinajstić information content (AvgIpc) is 2.79. The average molecular weight is 520 g/mol. The molecule has 2 rings (SSSR count). The Bertz CT molecular complexity index is 861. The van der Waals surface area contributed by atoms with Gasteiger partial charge in [0.2, 0.25) is 11.8 Å². The van der Waals surface area contributed by atoms with Gasteiger partial charge in [0.25, 0.3) is 0 Å². The Morgan fingerprint density at radius 2 is 1.69 bits per heavy atom. The molecule has 8 heteroatoms. The second kappa shape index (κ2) is 13.9. The first-order valence-electron chi connectivity index (χ1n) is 13.1. The van der Waals surface area contributed by atoms with Crippen molar-refractivity contribution < 1.29 is 19.1 Å². The fourth-order valence-electron chi connectivity index (χ4n) is 4.52. The quantitative estimate of drug-likeness (QED) is 0.434. The van der Waals surface area contributed by atoms with Crippen molar-refractivity contribution in [1.29, 1.82) is 0 Å². The minimum absolute atomic E-state index is 0.121. The summed E-state index contributed by atoms with van der Waals surface area (Å²) >= 11 is 1.60. The smallest absolute Gasteiger partial charge is 0.408 e. The van der Waals surface area contributed by atoms with E-state index >= 15 is 0 Å². The maximum atomic E-state index is 14.0. The van der Waals surface area contributed by atoms with Crippen LogP contribution >= 0.6 is 11.8 Å². The first-order valence-corrected chi connectivity index (χ1v) is 14.5. The Hall–Kier alpha value is -2.22. The van der Waals surface area contributed by atoms with Gasteiger partial charge in [-0.15, -0.1) is 0 Å². The molecule has 0 aromatic heterocycles. The zero-order valence-corrected chi connectivity index (χ0v) is 23.9. The Balaban J connectivity index is 2.40. The van der Waals surface area contributed by atoms with E-state index in [2.05, 4.69) is 10.6 Å². The zero-order chi connectivity index (χ0) is 26.9. The summed E-state index contributed by atoms with van der Waals surface area (Å²) in [6.45, 7) is 11.2. The number of hydrogen-bond donors (Lipinski definition) is 2. The lowest BCUT2D eigenvalue weighted by molar-refractivity contribution is -0.145. The van der Waals surface area contributed by atoms with E-state index in [-0.39, 0.29) is 23.9 Å². The predicted molar refractivity (Wildman–Crippen MR) is 147 cm³/mol. The van der Waals surface area contributed by atoms with Crippen molar-refractivity contribution in [1.82, 2.24) is 15.5 Å². The summed E-state index contributed by atoms with van der Waals surface area (Å²) in [4.78, 5) is 42.1. The highest BCUT2D eigenvalue weighted by Gasteiger charge is 2.38. The van der Waals surface area contributed by atoms with Crippen LogP contribution < -0.4 is 10.6 Å². The number of aryl methyl sites for hydroxylation is 1. The topological polar surface area (TPSA) is 87.7 Å². The Morgan fingerprint density at radius 1 is 1.08 bits per heavy atom. The maximum Gasteiger partial charge on any atom is 0.408 e. The largest absolute Gasteiger partial charge is 0.444 e. The predicted octanol–water partition coefficient (Wildman–Crippen LogP) is 5.37. The van der Waals surface area contributed by atoms with E-state index in [9.17, 15) is 14.4 Å². The Morgan fingerprint density at radius 3 is 2.22 bits per heavy atom. The summed E-state index contributed by atoms with van der Waals surface area (Å²) in [5.41, 5.74) is 1.16. The third-order valence-electron chi connectivity index (χ3n) is 6.28. The van der Waals surface area contributed by atoms with Gasteiger partial charge in [-0.25, -0.2) is 4.79 Å². The molecule has 1 aromatic carbocycles. The fourth-order valence-corrected chi connectivity index (χ4v) is 4.99. The fraction of sp³-hybridized carbons (Fsp3) is 0.679. The van der Waals surface area contributed by atoms with Gasteiger partial charge in [0.1, 0.15) is 17.7 Å². The number of alkyl carbamates (subject to hydrolysis) is 1. The van der Waals surface area contributed by atoms with Gasteiger partial charge in [0, 0.05) is 12.1 Å². The number of nitrogens with one attached hydrogen (secondary N) is 2. The maximum absolute atomic E-state index is 14.0. The van der Waals surface area contributed by atoms with Crippen molar-refractivity contribution in [3.8, 4) is 0 Å². The molecule has 0 spiro atoms. The monoisotopic (exact) mass is 519 g/mol. The molecule has 0 bridgehead atoms. The van der Waals surface area contributed by atoms with Crippen LogP contribution in [0.15, 0.2) is 24.3 Å². The first-order chi connectivity index (χ1) is 16.9. The molecule has 0 heterocycles. The number of carbonyl (C=O) groups is 3. The van der Waals surface area contributed by atoms with Crippen molar-refractivity contribution in [3.63, 3.8) is 0 Å². The zero-order valence-electron chi connectivity index (χ0n) is 23.1. The summed E-state index contributed by atoms with van der Waals surface area (Å²) in [6, 6.07) is 6.02. The van der Waals surface area contributed by atoms with E-state index < -0.39 is 23.8 Å². The summed E-state index contributed by atoms with van der Waals surface area (Å²) in [5.74, 6) is 0.227. The van der Waals surface area contributed by atoms with Gasteiger partial charge in [-0.05, 0) is 78.4 Å².